The molecular formula is C9H9BrF3NO2. The number of hydrogen-bond acceptors (Lipinski definition) is 3. The summed E-state index contributed by atoms with van der Waals surface area (Å²) in [6.07, 6.45) is -1.11. The second-order valence-electron chi connectivity index (χ2n) is 3.06. The highest BCUT2D eigenvalue weighted by atomic mass is 79.9. The van der Waals surface area contributed by atoms with Gasteiger partial charge in [-0.1, -0.05) is 0 Å². The largest absolute Gasteiger partial charge is 0.394 e. The van der Waals surface area contributed by atoms with Crippen LogP contribution in [0.2, 0.25) is 0 Å². The molecule has 0 saturated carbocycles. The van der Waals surface area contributed by atoms with Crippen molar-refractivity contribution in [3.8, 4) is 0 Å². The van der Waals surface area contributed by atoms with Crippen molar-refractivity contribution in [2.45, 2.75) is 6.10 Å². The maximum atomic E-state index is 13.2. The molecule has 1 atom stereocenters. The molecule has 0 saturated heterocycles. The fourth-order valence-electron chi connectivity index (χ4n) is 1.01. The van der Waals surface area contributed by atoms with Crippen molar-refractivity contribution in [3.05, 3.63) is 28.0 Å². The minimum atomic E-state index is -1.31. The maximum Gasteiger partial charge on any atom is 0.175 e. The van der Waals surface area contributed by atoms with Gasteiger partial charge in [0.15, 0.2) is 17.5 Å². The van der Waals surface area contributed by atoms with Crippen molar-refractivity contribution in [2.24, 2.45) is 0 Å². The molecule has 0 aromatic heterocycles. The lowest BCUT2D eigenvalue weighted by molar-refractivity contribution is 0.105. The van der Waals surface area contributed by atoms with E-state index in [1.807, 2.05) is 0 Å². The first-order valence-electron chi connectivity index (χ1n) is 4.33. The number of hydrogen-bond donors (Lipinski definition) is 3. The van der Waals surface area contributed by atoms with E-state index < -0.39 is 34.6 Å². The lowest BCUT2D eigenvalue weighted by Crippen LogP contribution is -2.23. The first kappa shape index (κ1) is 13.3. The zero-order valence-electron chi connectivity index (χ0n) is 7.98. The molecule has 0 aliphatic heterocycles. The molecule has 0 fully saturated rings. The molecule has 0 aliphatic carbocycles. The Labute approximate surface area is 98.0 Å². The van der Waals surface area contributed by atoms with Crippen molar-refractivity contribution in [2.75, 3.05) is 18.5 Å². The Morgan fingerprint density at radius 2 is 1.94 bits per heavy atom. The molecular weight excluding hydrogens is 291 g/mol. The van der Waals surface area contributed by atoms with Crippen LogP contribution in [0.4, 0.5) is 18.9 Å². The molecule has 0 amide bonds. The van der Waals surface area contributed by atoms with Crippen LogP contribution in [0.1, 0.15) is 0 Å². The first-order chi connectivity index (χ1) is 7.47. The molecule has 0 bridgehead atoms. The van der Waals surface area contributed by atoms with E-state index in [1.54, 1.807) is 0 Å². The van der Waals surface area contributed by atoms with Gasteiger partial charge >= 0.3 is 0 Å². The Hall–Kier alpha value is -0.790. The molecule has 0 spiro atoms. The highest BCUT2D eigenvalue weighted by molar-refractivity contribution is 9.10. The third-order valence-electron chi connectivity index (χ3n) is 1.84. The normalized spacial score (nSPS) is 12.6. The van der Waals surface area contributed by atoms with Gasteiger partial charge in [0.2, 0.25) is 0 Å². The van der Waals surface area contributed by atoms with Gasteiger partial charge in [0.05, 0.1) is 22.9 Å². The van der Waals surface area contributed by atoms with Crippen LogP contribution >= 0.6 is 15.9 Å². The number of nitrogens with one attached hydrogen (secondary N) is 1. The third kappa shape index (κ3) is 2.87. The molecule has 1 unspecified atom stereocenters. The van der Waals surface area contributed by atoms with Gasteiger partial charge in [-0.3, -0.25) is 0 Å². The van der Waals surface area contributed by atoms with E-state index in [1.165, 1.54) is 0 Å². The summed E-state index contributed by atoms with van der Waals surface area (Å²) in [5.41, 5.74) is -0.300. The lowest BCUT2D eigenvalue weighted by Gasteiger charge is -2.13. The van der Waals surface area contributed by atoms with Crippen LogP contribution in [0.5, 0.6) is 0 Å². The molecule has 90 valence electrons. The number of aliphatic hydroxyl groups excluding tert-OH is 2. The van der Waals surface area contributed by atoms with E-state index in [0.29, 0.717) is 6.07 Å². The van der Waals surface area contributed by atoms with Gasteiger partial charge in [-0.05, 0) is 15.9 Å². The van der Waals surface area contributed by atoms with Gasteiger partial charge in [0.25, 0.3) is 0 Å². The predicted octanol–water partition coefficient (Wildman–Crippen LogP) is 1.63. The number of anilines is 1. The van der Waals surface area contributed by atoms with Crippen LogP contribution < -0.4 is 5.32 Å². The van der Waals surface area contributed by atoms with Crippen LogP contribution in [0.25, 0.3) is 0 Å². The van der Waals surface area contributed by atoms with Gasteiger partial charge in [-0.15, -0.1) is 0 Å². The molecule has 0 radical (unpaired) electrons. The van der Waals surface area contributed by atoms with E-state index >= 15 is 0 Å². The van der Waals surface area contributed by atoms with Crippen LogP contribution in [-0.2, 0) is 0 Å². The van der Waals surface area contributed by atoms with Crippen LogP contribution in [0.15, 0.2) is 10.5 Å². The maximum absolute atomic E-state index is 13.2. The molecule has 1 aromatic carbocycles. The first-order valence-corrected chi connectivity index (χ1v) is 5.12. The van der Waals surface area contributed by atoms with Gasteiger partial charge in [0.1, 0.15) is 0 Å². The zero-order chi connectivity index (χ0) is 12.3. The van der Waals surface area contributed by atoms with Gasteiger partial charge in [-0.2, -0.15) is 0 Å². The van der Waals surface area contributed by atoms with Gasteiger partial charge in [-0.25, -0.2) is 13.2 Å². The molecule has 0 heterocycles. The summed E-state index contributed by atoms with van der Waals surface area (Å²) in [7, 11) is 0. The molecule has 1 rings (SSSR count). The fraction of sp³-hybridized carbons (Fsp3) is 0.333. The zero-order valence-corrected chi connectivity index (χ0v) is 9.56. The summed E-state index contributed by atoms with van der Waals surface area (Å²) in [5.74, 6) is -3.52. The van der Waals surface area contributed by atoms with Gasteiger partial charge in [0, 0.05) is 12.6 Å². The summed E-state index contributed by atoms with van der Waals surface area (Å²) in [6.45, 7) is -0.701. The fourth-order valence-corrected chi connectivity index (χ4v) is 1.53. The lowest BCUT2D eigenvalue weighted by atomic mass is 10.2. The molecule has 7 heteroatoms. The number of rotatable bonds is 4. The highest BCUT2D eigenvalue weighted by Crippen LogP contribution is 2.30. The average Bonchev–Trinajstić information content (AvgIpc) is 2.25. The standard InChI is InChI=1S/C9H9BrF3NO2/c10-7-8(13)5(11)1-6(12)9(7)14-2-4(16)3-15/h1,4,14-16H,2-3H2. The SMILES string of the molecule is OCC(O)CNc1c(F)cc(F)c(F)c1Br. The van der Waals surface area contributed by atoms with Gasteiger partial charge < -0.3 is 15.5 Å². The summed E-state index contributed by atoms with van der Waals surface area (Å²) in [6, 6.07) is 0.397. The third-order valence-corrected chi connectivity index (χ3v) is 2.58. The van der Waals surface area contributed by atoms with Crippen LogP contribution in [-0.4, -0.2) is 29.5 Å². The second kappa shape index (κ2) is 5.51. The Balaban J connectivity index is 2.92. The van der Waals surface area contributed by atoms with Crippen molar-refractivity contribution in [3.63, 3.8) is 0 Å². The molecule has 3 N–H and O–H groups in total. The number of halogens is 4. The molecule has 16 heavy (non-hydrogen) atoms. The van der Waals surface area contributed by atoms with Crippen molar-refractivity contribution >= 4 is 21.6 Å². The molecule has 1 aromatic rings. The van der Waals surface area contributed by atoms with Crippen LogP contribution in [0.3, 0.4) is 0 Å². The van der Waals surface area contributed by atoms with E-state index in [2.05, 4.69) is 21.2 Å². The van der Waals surface area contributed by atoms with E-state index in [4.69, 9.17) is 10.2 Å². The second-order valence-corrected chi connectivity index (χ2v) is 3.85. The quantitative estimate of drug-likeness (QED) is 0.585. The Bertz CT molecular complexity index is 390. The van der Waals surface area contributed by atoms with Crippen LogP contribution in [0, 0.1) is 17.5 Å². The average molecular weight is 300 g/mol. The van der Waals surface area contributed by atoms with E-state index in [0.717, 1.165) is 0 Å². The summed E-state index contributed by atoms with van der Waals surface area (Å²) < 4.78 is 38.6. The Kier molecular flexibility index (Phi) is 4.57. The van der Waals surface area contributed by atoms with Crippen molar-refractivity contribution in [1.29, 1.82) is 0 Å². The number of aliphatic hydroxyl groups is 2. The predicted molar refractivity (Wildman–Crippen MR) is 55.6 cm³/mol. The molecule has 0 aliphatic rings. The summed E-state index contributed by atoms with van der Waals surface area (Å²) in [5, 5.41) is 19.9. The van der Waals surface area contributed by atoms with E-state index in [9.17, 15) is 13.2 Å². The summed E-state index contributed by atoms with van der Waals surface area (Å²) >= 11 is 2.69. The topological polar surface area (TPSA) is 52.5 Å². The smallest absolute Gasteiger partial charge is 0.175 e. The van der Waals surface area contributed by atoms with Crippen molar-refractivity contribution in [1.82, 2.24) is 0 Å². The highest BCUT2D eigenvalue weighted by Gasteiger charge is 2.17. The monoisotopic (exact) mass is 299 g/mol. The Morgan fingerprint density at radius 1 is 1.31 bits per heavy atom. The van der Waals surface area contributed by atoms with Crippen molar-refractivity contribution < 1.29 is 23.4 Å². The Morgan fingerprint density at radius 3 is 2.50 bits per heavy atom. The number of benzene rings is 1. The van der Waals surface area contributed by atoms with E-state index in [-0.39, 0.29) is 12.2 Å². The summed E-state index contributed by atoms with van der Waals surface area (Å²) in [4.78, 5) is 0. The minimum Gasteiger partial charge on any atom is -0.394 e. The molecule has 3 nitrogen and oxygen atoms in total. The minimum absolute atomic E-state index is 0.183.